The molecule has 0 bridgehead atoms. The fraction of sp³-hybridized carbons (Fsp3) is 0.846. The Morgan fingerprint density at radius 2 is 1.90 bits per heavy atom. The van der Waals surface area contributed by atoms with Crippen molar-refractivity contribution in [1.29, 1.82) is 0 Å². The lowest BCUT2D eigenvalue weighted by molar-refractivity contribution is -0.149. The molecule has 0 aliphatic heterocycles. The van der Waals surface area contributed by atoms with E-state index < -0.39 is 0 Å². The van der Waals surface area contributed by atoms with Gasteiger partial charge in [0.2, 0.25) is 0 Å². The van der Waals surface area contributed by atoms with Gasteiger partial charge in [0.1, 0.15) is 6.10 Å². The van der Waals surface area contributed by atoms with Crippen LogP contribution < -0.4 is 0 Å². The third kappa shape index (κ3) is 3.52. The standard InChI is InChI=1S/C26H40O4/c1-16(14-24(28)29-5)21-8-9-22-20-7-6-18-15-19(30-17(2)27)10-12-25(18,3)23(20)11-13-26(21,22)4/h6,16,19-23H,7-15H2,1-5H3/t16-,19+,20+,21-,22+,23+,25+,26-/m1/s1. The first-order valence-corrected chi connectivity index (χ1v) is 12.1. The first-order chi connectivity index (χ1) is 14.2. The van der Waals surface area contributed by atoms with Crippen LogP contribution >= 0.6 is 0 Å². The fourth-order valence-electron chi connectivity index (χ4n) is 8.43. The molecule has 0 heterocycles. The summed E-state index contributed by atoms with van der Waals surface area (Å²) in [6.07, 6.45) is 12.5. The number of rotatable bonds is 4. The van der Waals surface area contributed by atoms with Gasteiger partial charge in [-0.15, -0.1) is 0 Å². The zero-order valence-electron chi connectivity index (χ0n) is 19.5. The van der Waals surface area contributed by atoms with E-state index in [1.54, 1.807) is 5.57 Å². The van der Waals surface area contributed by atoms with Crippen molar-refractivity contribution in [3.63, 3.8) is 0 Å². The molecule has 3 fully saturated rings. The summed E-state index contributed by atoms with van der Waals surface area (Å²) in [4.78, 5) is 23.3. The van der Waals surface area contributed by atoms with Crippen LogP contribution in [0.25, 0.3) is 0 Å². The first kappa shape index (κ1) is 21.9. The van der Waals surface area contributed by atoms with Gasteiger partial charge in [-0.3, -0.25) is 9.59 Å². The number of allylic oxidation sites excluding steroid dienone is 1. The molecule has 4 aliphatic rings. The first-order valence-electron chi connectivity index (χ1n) is 12.1. The molecule has 0 aromatic carbocycles. The molecule has 0 saturated heterocycles. The molecule has 0 radical (unpaired) electrons. The van der Waals surface area contributed by atoms with Crippen molar-refractivity contribution in [2.24, 2.45) is 40.4 Å². The van der Waals surface area contributed by atoms with E-state index in [-0.39, 0.29) is 23.5 Å². The molecular formula is C26H40O4. The van der Waals surface area contributed by atoms with Crippen LogP contribution in [0.4, 0.5) is 0 Å². The Balaban J connectivity index is 1.52. The van der Waals surface area contributed by atoms with Crippen LogP contribution in [0.15, 0.2) is 11.6 Å². The highest BCUT2D eigenvalue weighted by Gasteiger charge is 2.59. The number of hydrogen-bond donors (Lipinski definition) is 0. The van der Waals surface area contributed by atoms with Crippen LogP contribution in [-0.4, -0.2) is 25.2 Å². The predicted octanol–water partition coefficient (Wildman–Crippen LogP) is 5.70. The average molecular weight is 417 g/mol. The summed E-state index contributed by atoms with van der Waals surface area (Å²) in [6, 6.07) is 0. The number of ether oxygens (including phenoxy) is 2. The third-order valence-electron chi connectivity index (χ3n) is 9.87. The number of methoxy groups -OCH3 is 1. The molecule has 0 N–H and O–H groups in total. The number of carbonyl (C=O) groups excluding carboxylic acids is 2. The van der Waals surface area contributed by atoms with Gasteiger partial charge in [-0.25, -0.2) is 0 Å². The van der Waals surface area contributed by atoms with Crippen molar-refractivity contribution >= 4 is 11.9 Å². The van der Waals surface area contributed by atoms with Crippen LogP contribution in [0.2, 0.25) is 0 Å². The van der Waals surface area contributed by atoms with Gasteiger partial charge in [0.25, 0.3) is 0 Å². The van der Waals surface area contributed by atoms with Gasteiger partial charge < -0.3 is 9.47 Å². The monoisotopic (exact) mass is 416 g/mol. The Morgan fingerprint density at radius 3 is 2.60 bits per heavy atom. The molecule has 0 amide bonds. The molecule has 168 valence electrons. The molecule has 0 unspecified atom stereocenters. The number of hydrogen-bond acceptors (Lipinski definition) is 4. The Labute approximate surface area is 182 Å². The van der Waals surface area contributed by atoms with E-state index >= 15 is 0 Å². The minimum absolute atomic E-state index is 0.0643. The van der Waals surface area contributed by atoms with Crippen LogP contribution in [0.5, 0.6) is 0 Å². The van der Waals surface area contributed by atoms with Crippen molar-refractivity contribution in [3.8, 4) is 0 Å². The summed E-state index contributed by atoms with van der Waals surface area (Å²) in [6.45, 7) is 8.81. The Kier molecular flexibility index (Phi) is 5.83. The van der Waals surface area contributed by atoms with Crippen molar-refractivity contribution < 1.29 is 19.1 Å². The molecule has 3 saturated carbocycles. The minimum atomic E-state index is -0.149. The van der Waals surface area contributed by atoms with E-state index in [1.807, 2.05) is 0 Å². The molecule has 8 atom stereocenters. The highest BCUT2D eigenvalue weighted by Crippen LogP contribution is 2.67. The lowest BCUT2D eigenvalue weighted by atomic mass is 9.47. The van der Waals surface area contributed by atoms with Gasteiger partial charge in [-0.05, 0) is 85.4 Å². The maximum absolute atomic E-state index is 11.9. The van der Waals surface area contributed by atoms with Crippen LogP contribution in [0.3, 0.4) is 0 Å². The molecule has 30 heavy (non-hydrogen) atoms. The zero-order valence-corrected chi connectivity index (χ0v) is 19.5. The second-order valence-corrected chi connectivity index (χ2v) is 11.2. The van der Waals surface area contributed by atoms with E-state index in [0.717, 1.165) is 37.0 Å². The summed E-state index contributed by atoms with van der Waals surface area (Å²) in [7, 11) is 1.50. The van der Waals surface area contributed by atoms with E-state index in [4.69, 9.17) is 9.47 Å². The number of carbonyl (C=O) groups is 2. The smallest absolute Gasteiger partial charge is 0.305 e. The molecule has 4 rings (SSSR count). The van der Waals surface area contributed by atoms with E-state index in [2.05, 4.69) is 26.8 Å². The zero-order chi connectivity index (χ0) is 21.7. The molecule has 0 spiro atoms. The van der Waals surface area contributed by atoms with Crippen molar-refractivity contribution in [3.05, 3.63) is 11.6 Å². The maximum Gasteiger partial charge on any atom is 0.305 e. The van der Waals surface area contributed by atoms with Gasteiger partial charge in [-0.2, -0.15) is 0 Å². The van der Waals surface area contributed by atoms with Gasteiger partial charge in [-0.1, -0.05) is 32.4 Å². The van der Waals surface area contributed by atoms with Crippen LogP contribution in [0.1, 0.15) is 85.5 Å². The van der Waals surface area contributed by atoms with Gasteiger partial charge >= 0.3 is 11.9 Å². The van der Waals surface area contributed by atoms with Crippen LogP contribution in [-0.2, 0) is 19.1 Å². The minimum Gasteiger partial charge on any atom is -0.469 e. The topological polar surface area (TPSA) is 52.6 Å². The number of esters is 2. The number of fused-ring (bicyclic) bond motifs is 5. The largest absolute Gasteiger partial charge is 0.469 e. The van der Waals surface area contributed by atoms with Crippen molar-refractivity contribution in [1.82, 2.24) is 0 Å². The molecule has 0 aromatic rings. The quantitative estimate of drug-likeness (QED) is 0.436. The Hall–Kier alpha value is -1.32. The van der Waals surface area contributed by atoms with E-state index in [9.17, 15) is 9.59 Å². The van der Waals surface area contributed by atoms with Crippen molar-refractivity contribution in [2.45, 2.75) is 91.6 Å². The van der Waals surface area contributed by atoms with Gasteiger partial charge in [0, 0.05) is 19.8 Å². The van der Waals surface area contributed by atoms with Crippen molar-refractivity contribution in [2.75, 3.05) is 7.11 Å². The van der Waals surface area contributed by atoms with E-state index in [0.29, 0.717) is 23.7 Å². The van der Waals surface area contributed by atoms with E-state index in [1.165, 1.54) is 46.1 Å². The summed E-state index contributed by atoms with van der Waals surface area (Å²) < 4.78 is 10.5. The second kappa shape index (κ2) is 7.98. The molecule has 4 heteroatoms. The highest BCUT2D eigenvalue weighted by molar-refractivity contribution is 5.69. The average Bonchev–Trinajstić information content (AvgIpc) is 3.05. The lowest BCUT2D eigenvalue weighted by Gasteiger charge is -2.58. The second-order valence-electron chi connectivity index (χ2n) is 11.2. The normalized spacial score (nSPS) is 43.5. The summed E-state index contributed by atoms with van der Waals surface area (Å²) in [5.74, 6) is 3.09. The third-order valence-corrected chi connectivity index (χ3v) is 9.87. The molecule has 4 nitrogen and oxygen atoms in total. The summed E-state index contributed by atoms with van der Waals surface area (Å²) in [5.41, 5.74) is 2.18. The SMILES string of the molecule is COC(=O)C[C@@H](C)[C@H]1CC[C@H]2[C@@H]3CC=C4C[C@@H](OC(C)=O)CC[C@]4(C)[C@H]3CC[C@]12C. The molecule has 0 aromatic heterocycles. The van der Waals surface area contributed by atoms with Crippen LogP contribution in [0, 0.1) is 40.4 Å². The maximum atomic E-state index is 11.9. The predicted molar refractivity (Wildman–Crippen MR) is 117 cm³/mol. The van der Waals surface area contributed by atoms with Gasteiger partial charge in [0.15, 0.2) is 0 Å². The summed E-state index contributed by atoms with van der Waals surface area (Å²) in [5, 5.41) is 0. The Morgan fingerprint density at radius 1 is 1.13 bits per heavy atom. The lowest BCUT2D eigenvalue weighted by Crippen LogP contribution is -2.51. The molecule has 4 aliphatic carbocycles. The fourth-order valence-corrected chi connectivity index (χ4v) is 8.43. The molecular weight excluding hydrogens is 376 g/mol. The summed E-state index contributed by atoms with van der Waals surface area (Å²) >= 11 is 0. The highest BCUT2D eigenvalue weighted by atomic mass is 16.5. The Bertz CT molecular complexity index is 727. The van der Waals surface area contributed by atoms with Gasteiger partial charge in [0.05, 0.1) is 7.11 Å².